The van der Waals surface area contributed by atoms with Crippen LogP contribution in [0.5, 0.6) is 0 Å². The molecule has 0 aromatic carbocycles. The number of nitrogens with two attached hydrogens (primary N) is 1. The molecule has 1 unspecified atom stereocenters. The van der Waals surface area contributed by atoms with Crippen molar-refractivity contribution < 1.29 is 9.53 Å². The fourth-order valence-electron chi connectivity index (χ4n) is 3.66. The molecule has 26 heavy (non-hydrogen) atoms. The van der Waals surface area contributed by atoms with Crippen molar-refractivity contribution in [2.75, 3.05) is 19.6 Å². The summed E-state index contributed by atoms with van der Waals surface area (Å²) in [6.45, 7) is 7.99. The van der Waals surface area contributed by atoms with E-state index in [1.165, 1.54) is 32.1 Å². The molecule has 152 valence electrons. The van der Waals surface area contributed by atoms with Crippen molar-refractivity contribution in [3.05, 3.63) is 0 Å². The third-order valence-electron chi connectivity index (χ3n) is 4.95. The maximum Gasteiger partial charge on any atom is 0.410 e. The van der Waals surface area contributed by atoms with Gasteiger partial charge in [-0.2, -0.15) is 0 Å². The maximum atomic E-state index is 12.2. The van der Waals surface area contributed by atoms with Crippen molar-refractivity contribution >= 4 is 36.0 Å². The van der Waals surface area contributed by atoms with Gasteiger partial charge < -0.3 is 20.7 Å². The Morgan fingerprint density at radius 1 is 1.19 bits per heavy atom. The largest absolute Gasteiger partial charge is 0.444 e. The first-order valence-corrected chi connectivity index (χ1v) is 9.88. The third-order valence-corrected chi connectivity index (χ3v) is 4.95. The Morgan fingerprint density at radius 2 is 1.88 bits per heavy atom. The van der Waals surface area contributed by atoms with Gasteiger partial charge in [-0.05, 0) is 58.8 Å². The van der Waals surface area contributed by atoms with Crippen LogP contribution in [0.1, 0.15) is 72.1 Å². The minimum Gasteiger partial charge on any atom is -0.444 e. The van der Waals surface area contributed by atoms with Crippen molar-refractivity contribution in [2.24, 2.45) is 16.6 Å². The number of piperidine rings is 1. The number of amides is 1. The lowest BCUT2D eigenvalue weighted by Crippen LogP contribution is -2.43. The molecule has 1 saturated carbocycles. The van der Waals surface area contributed by atoms with Crippen molar-refractivity contribution in [1.29, 1.82) is 0 Å². The van der Waals surface area contributed by atoms with Crippen LogP contribution in [0.15, 0.2) is 4.99 Å². The van der Waals surface area contributed by atoms with Gasteiger partial charge in [0.05, 0.1) is 0 Å². The normalized spacial score (nSPS) is 22.5. The third kappa shape index (κ3) is 8.77. The highest BCUT2D eigenvalue weighted by molar-refractivity contribution is 14.0. The number of carbonyl (C=O) groups excluding carboxylic acids is 1. The molecular formula is C19H37IN4O2. The second-order valence-corrected chi connectivity index (χ2v) is 8.47. The molecule has 1 saturated heterocycles. The highest BCUT2D eigenvalue weighted by atomic mass is 127. The first kappa shape index (κ1) is 23.3. The molecule has 1 aliphatic carbocycles. The fourth-order valence-corrected chi connectivity index (χ4v) is 3.66. The number of likely N-dealkylation sites (tertiary alicyclic amines) is 1. The summed E-state index contributed by atoms with van der Waals surface area (Å²) in [7, 11) is 0. The smallest absolute Gasteiger partial charge is 0.410 e. The number of halogens is 1. The van der Waals surface area contributed by atoms with Gasteiger partial charge in [0.1, 0.15) is 5.60 Å². The van der Waals surface area contributed by atoms with E-state index in [-0.39, 0.29) is 30.1 Å². The molecule has 1 aliphatic heterocycles. The topological polar surface area (TPSA) is 80.0 Å². The predicted molar refractivity (Wildman–Crippen MR) is 117 cm³/mol. The van der Waals surface area contributed by atoms with Crippen LogP contribution < -0.4 is 11.1 Å². The van der Waals surface area contributed by atoms with E-state index in [0.717, 1.165) is 38.9 Å². The molecular weight excluding hydrogens is 443 g/mol. The number of aliphatic imine (C=N–C) groups is 1. The molecule has 1 amide bonds. The second kappa shape index (κ2) is 11.2. The molecule has 1 atom stereocenters. The van der Waals surface area contributed by atoms with Crippen LogP contribution in [0, 0.1) is 5.92 Å². The zero-order valence-corrected chi connectivity index (χ0v) is 19.0. The van der Waals surface area contributed by atoms with Gasteiger partial charge in [-0.3, -0.25) is 4.99 Å². The van der Waals surface area contributed by atoms with Gasteiger partial charge in [0, 0.05) is 25.7 Å². The minimum atomic E-state index is -0.437. The summed E-state index contributed by atoms with van der Waals surface area (Å²) >= 11 is 0. The first-order chi connectivity index (χ1) is 11.8. The number of rotatable bonds is 4. The molecule has 0 aromatic rings. The summed E-state index contributed by atoms with van der Waals surface area (Å²) in [5, 5.41) is 3.35. The van der Waals surface area contributed by atoms with Gasteiger partial charge in [-0.1, -0.05) is 19.3 Å². The van der Waals surface area contributed by atoms with E-state index in [1.807, 2.05) is 25.7 Å². The zero-order valence-electron chi connectivity index (χ0n) is 16.6. The summed E-state index contributed by atoms with van der Waals surface area (Å²) in [5.74, 6) is 1.05. The molecule has 0 bridgehead atoms. The summed E-state index contributed by atoms with van der Waals surface area (Å²) in [4.78, 5) is 18.5. The summed E-state index contributed by atoms with van der Waals surface area (Å²) in [5.41, 5.74) is 5.58. The fraction of sp³-hybridized carbons (Fsp3) is 0.895. The van der Waals surface area contributed by atoms with Gasteiger partial charge in [-0.25, -0.2) is 4.79 Å². The Labute approximate surface area is 175 Å². The number of carbonyl (C=O) groups is 1. The molecule has 2 rings (SSSR count). The molecule has 2 fully saturated rings. The number of hydrogen-bond acceptors (Lipinski definition) is 3. The van der Waals surface area contributed by atoms with Crippen LogP contribution in [0.4, 0.5) is 4.79 Å². The summed E-state index contributed by atoms with van der Waals surface area (Å²) < 4.78 is 5.48. The lowest BCUT2D eigenvalue weighted by atomic mass is 9.95. The van der Waals surface area contributed by atoms with E-state index in [4.69, 9.17) is 10.5 Å². The number of guanidine groups is 1. The van der Waals surface area contributed by atoms with E-state index < -0.39 is 5.60 Å². The van der Waals surface area contributed by atoms with Gasteiger partial charge in [0.2, 0.25) is 0 Å². The summed E-state index contributed by atoms with van der Waals surface area (Å²) in [6, 6.07) is 0.495. The lowest BCUT2D eigenvalue weighted by molar-refractivity contribution is 0.0163. The Kier molecular flexibility index (Phi) is 10.0. The van der Waals surface area contributed by atoms with E-state index in [1.54, 1.807) is 0 Å². The van der Waals surface area contributed by atoms with Crippen LogP contribution in [-0.4, -0.2) is 48.2 Å². The monoisotopic (exact) mass is 480 g/mol. The number of hydrogen-bond donors (Lipinski definition) is 2. The van der Waals surface area contributed by atoms with Gasteiger partial charge in [-0.15, -0.1) is 24.0 Å². The van der Waals surface area contributed by atoms with Crippen LogP contribution in [-0.2, 0) is 4.74 Å². The van der Waals surface area contributed by atoms with E-state index in [9.17, 15) is 4.79 Å². The average Bonchev–Trinajstić information content (AvgIpc) is 2.54. The Morgan fingerprint density at radius 3 is 2.54 bits per heavy atom. The Bertz CT molecular complexity index is 459. The number of nitrogens with one attached hydrogen (secondary N) is 1. The highest BCUT2D eigenvalue weighted by Gasteiger charge is 2.27. The van der Waals surface area contributed by atoms with Crippen molar-refractivity contribution in [1.82, 2.24) is 10.2 Å². The van der Waals surface area contributed by atoms with Crippen LogP contribution in [0.25, 0.3) is 0 Å². The molecule has 7 heteroatoms. The quantitative estimate of drug-likeness (QED) is 0.364. The molecule has 0 radical (unpaired) electrons. The maximum absolute atomic E-state index is 12.2. The second-order valence-electron chi connectivity index (χ2n) is 8.47. The molecule has 2 aliphatic rings. The SMILES string of the molecule is CC(C)(C)OC(=O)N1CCCC(CCN=C(N)NC2CCCCC2)C1.I. The predicted octanol–water partition coefficient (Wildman–Crippen LogP) is 3.88. The van der Waals surface area contributed by atoms with Crippen LogP contribution in [0.3, 0.4) is 0 Å². The zero-order chi connectivity index (χ0) is 18.3. The number of ether oxygens (including phenoxy) is 1. The molecule has 1 heterocycles. The number of nitrogens with zero attached hydrogens (tertiary/aromatic N) is 2. The average molecular weight is 480 g/mol. The van der Waals surface area contributed by atoms with E-state index in [0.29, 0.717) is 17.9 Å². The van der Waals surface area contributed by atoms with Crippen LogP contribution >= 0.6 is 24.0 Å². The molecule has 6 nitrogen and oxygen atoms in total. The summed E-state index contributed by atoms with van der Waals surface area (Å²) in [6.07, 6.45) is 9.25. The van der Waals surface area contributed by atoms with Gasteiger partial charge in [0.25, 0.3) is 0 Å². The molecule has 0 spiro atoms. The standard InChI is InChI=1S/C19H36N4O2.HI/c1-19(2,3)25-18(24)23-13-7-8-15(14-23)11-12-21-17(20)22-16-9-5-4-6-10-16;/h15-16H,4-14H2,1-3H3,(H3,20,21,22);1H. The highest BCUT2D eigenvalue weighted by Crippen LogP contribution is 2.22. The van der Waals surface area contributed by atoms with Crippen molar-refractivity contribution in [2.45, 2.75) is 83.8 Å². The van der Waals surface area contributed by atoms with Gasteiger partial charge in [0.15, 0.2) is 5.96 Å². The van der Waals surface area contributed by atoms with Crippen molar-refractivity contribution in [3.63, 3.8) is 0 Å². The Hall–Kier alpha value is -0.730. The van der Waals surface area contributed by atoms with Gasteiger partial charge >= 0.3 is 6.09 Å². The first-order valence-electron chi connectivity index (χ1n) is 9.88. The minimum absolute atomic E-state index is 0. The van der Waals surface area contributed by atoms with E-state index >= 15 is 0 Å². The van der Waals surface area contributed by atoms with E-state index in [2.05, 4.69) is 10.3 Å². The molecule has 0 aromatic heterocycles. The lowest BCUT2D eigenvalue weighted by Gasteiger charge is -2.34. The van der Waals surface area contributed by atoms with Crippen LogP contribution in [0.2, 0.25) is 0 Å². The molecule has 3 N–H and O–H groups in total. The Balaban J connectivity index is 0.00000338. The van der Waals surface area contributed by atoms with Crippen molar-refractivity contribution in [3.8, 4) is 0 Å².